The second-order valence-corrected chi connectivity index (χ2v) is 4.71. The summed E-state index contributed by atoms with van der Waals surface area (Å²) >= 11 is 4.77. The number of ether oxygens (including phenoxy) is 1. The van der Waals surface area contributed by atoms with Crippen molar-refractivity contribution in [1.29, 1.82) is 0 Å². The molecule has 1 rings (SSSR count). The third-order valence-corrected chi connectivity index (χ3v) is 3.07. The molecule has 2 unspecified atom stereocenters. The molecule has 1 saturated heterocycles. The van der Waals surface area contributed by atoms with Gasteiger partial charge in [0, 0.05) is 13.2 Å². The number of amides is 1. The fourth-order valence-electron chi connectivity index (χ4n) is 1.84. The van der Waals surface area contributed by atoms with E-state index < -0.39 is 0 Å². The highest BCUT2D eigenvalue weighted by Gasteiger charge is 2.30. The monoisotopic (exact) mass is 244 g/mol. The van der Waals surface area contributed by atoms with E-state index in [2.05, 4.69) is 5.32 Å². The van der Waals surface area contributed by atoms with Crippen LogP contribution in [-0.4, -0.2) is 30.2 Å². The minimum Gasteiger partial charge on any atom is -0.393 e. The molecular formula is C11H20N2O2S. The summed E-state index contributed by atoms with van der Waals surface area (Å²) in [5, 5.41) is 2.93. The molecule has 0 aromatic heterocycles. The molecule has 1 aliphatic rings. The number of rotatable bonds is 6. The molecule has 5 heteroatoms. The first-order valence-corrected chi connectivity index (χ1v) is 6.19. The van der Waals surface area contributed by atoms with Crippen LogP contribution in [0.3, 0.4) is 0 Å². The van der Waals surface area contributed by atoms with E-state index in [-0.39, 0.29) is 17.9 Å². The van der Waals surface area contributed by atoms with Gasteiger partial charge in [0.25, 0.3) is 0 Å². The molecule has 1 fully saturated rings. The average Bonchev–Trinajstić information content (AvgIpc) is 2.63. The van der Waals surface area contributed by atoms with Crippen LogP contribution < -0.4 is 11.1 Å². The van der Waals surface area contributed by atoms with Crippen LogP contribution in [0.1, 0.15) is 32.6 Å². The summed E-state index contributed by atoms with van der Waals surface area (Å²) in [5.41, 5.74) is 5.38. The van der Waals surface area contributed by atoms with Crippen LogP contribution >= 0.6 is 12.2 Å². The highest BCUT2D eigenvalue weighted by atomic mass is 32.1. The molecule has 0 radical (unpaired) electrons. The summed E-state index contributed by atoms with van der Waals surface area (Å²) < 4.78 is 5.35. The molecule has 0 aromatic rings. The van der Waals surface area contributed by atoms with Crippen molar-refractivity contribution in [2.24, 2.45) is 11.7 Å². The molecular weight excluding hydrogens is 224 g/mol. The van der Waals surface area contributed by atoms with Crippen LogP contribution in [-0.2, 0) is 9.53 Å². The van der Waals surface area contributed by atoms with Gasteiger partial charge in [0.05, 0.1) is 17.0 Å². The minimum atomic E-state index is 0.0237. The lowest BCUT2D eigenvalue weighted by Gasteiger charge is -2.13. The van der Waals surface area contributed by atoms with Crippen molar-refractivity contribution in [3.05, 3.63) is 0 Å². The topological polar surface area (TPSA) is 64.3 Å². The Morgan fingerprint density at radius 3 is 2.88 bits per heavy atom. The Morgan fingerprint density at radius 2 is 2.31 bits per heavy atom. The lowest BCUT2D eigenvalue weighted by atomic mass is 10.0. The van der Waals surface area contributed by atoms with Crippen molar-refractivity contribution in [2.75, 3.05) is 13.2 Å². The van der Waals surface area contributed by atoms with Crippen molar-refractivity contribution in [3.8, 4) is 0 Å². The van der Waals surface area contributed by atoms with E-state index in [1.54, 1.807) is 0 Å². The molecule has 0 aromatic carbocycles. The lowest BCUT2D eigenvalue weighted by Crippen LogP contribution is -2.34. The van der Waals surface area contributed by atoms with Gasteiger partial charge in [0.2, 0.25) is 5.91 Å². The SMILES string of the molecule is CC1OCCC1C(=O)NCCCCC(N)=S. The van der Waals surface area contributed by atoms with Gasteiger partial charge in [0.1, 0.15) is 0 Å². The highest BCUT2D eigenvalue weighted by molar-refractivity contribution is 7.80. The first-order valence-electron chi connectivity index (χ1n) is 5.79. The first-order chi connectivity index (χ1) is 7.61. The standard InChI is InChI=1S/C11H20N2O2S/c1-8-9(5-7-15-8)11(14)13-6-3-2-4-10(12)16/h8-9H,2-7H2,1H3,(H2,12,16)(H,13,14). The fourth-order valence-corrected chi connectivity index (χ4v) is 1.99. The van der Waals surface area contributed by atoms with Gasteiger partial charge >= 0.3 is 0 Å². The zero-order chi connectivity index (χ0) is 12.0. The first kappa shape index (κ1) is 13.4. The maximum atomic E-state index is 11.7. The molecule has 0 bridgehead atoms. The number of carbonyl (C=O) groups is 1. The van der Waals surface area contributed by atoms with Crippen LogP contribution in [0.15, 0.2) is 0 Å². The van der Waals surface area contributed by atoms with E-state index in [1.165, 1.54) is 0 Å². The number of carbonyl (C=O) groups excluding carboxylic acids is 1. The molecule has 1 aliphatic heterocycles. The van der Waals surface area contributed by atoms with Crippen LogP contribution in [0, 0.1) is 5.92 Å². The van der Waals surface area contributed by atoms with E-state index in [1.807, 2.05) is 6.92 Å². The Hall–Kier alpha value is -0.680. The van der Waals surface area contributed by atoms with Crippen molar-refractivity contribution >= 4 is 23.1 Å². The predicted molar refractivity (Wildman–Crippen MR) is 67.2 cm³/mol. The normalized spacial score (nSPS) is 24.3. The quantitative estimate of drug-likeness (QED) is 0.540. The number of unbranched alkanes of at least 4 members (excludes halogenated alkanes) is 1. The Bertz CT molecular complexity index is 258. The van der Waals surface area contributed by atoms with E-state index in [0.717, 1.165) is 25.7 Å². The molecule has 0 spiro atoms. The number of thiocarbonyl (C=S) groups is 1. The molecule has 1 heterocycles. The van der Waals surface area contributed by atoms with Gasteiger partial charge in [-0.2, -0.15) is 0 Å². The smallest absolute Gasteiger partial charge is 0.225 e. The summed E-state index contributed by atoms with van der Waals surface area (Å²) in [6.07, 6.45) is 3.50. The summed E-state index contributed by atoms with van der Waals surface area (Å²) in [7, 11) is 0. The van der Waals surface area contributed by atoms with Crippen molar-refractivity contribution < 1.29 is 9.53 Å². The summed E-state index contributed by atoms with van der Waals surface area (Å²) in [6, 6.07) is 0. The largest absolute Gasteiger partial charge is 0.393 e. The summed E-state index contributed by atoms with van der Waals surface area (Å²) in [6.45, 7) is 3.34. The molecule has 0 saturated carbocycles. The molecule has 3 N–H and O–H groups in total. The summed E-state index contributed by atoms with van der Waals surface area (Å²) in [5.74, 6) is 0.135. The maximum absolute atomic E-state index is 11.7. The van der Waals surface area contributed by atoms with Crippen molar-refractivity contribution in [2.45, 2.75) is 38.7 Å². The van der Waals surface area contributed by atoms with Gasteiger partial charge in [0.15, 0.2) is 0 Å². The molecule has 1 amide bonds. The summed E-state index contributed by atoms with van der Waals surface area (Å²) in [4.78, 5) is 12.3. The van der Waals surface area contributed by atoms with Gasteiger partial charge in [-0.05, 0) is 32.6 Å². The van der Waals surface area contributed by atoms with Gasteiger partial charge in [-0.3, -0.25) is 4.79 Å². The molecule has 2 atom stereocenters. The molecule has 0 aliphatic carbocycles. The number of hydrogen-bond donors (Lipinski definition) is 2. The zero-order valence-corrected chi connectivity index (χ0v) is 10.5. The average molecular weight is 244 g/mol. The predicted octanol–water partition coefficient (Wildman–Crippen LogP) is 0.984. The molecule has 16 heavy (non-hydrogen) atoms. The second-order valence-electron chi connectivity index (χ2n) is 4.19. The van der Waals surface area contributed by atoms with Crippen LogP contribution in [0.2, 0.25) is 0 Å². The Morgan fingerprint density at radius 1 is 1.56 bits per heavy atom. The second kappa shape index (κ2) is 6.81. The lowest BCUT2D eigenvalue weighted by molar-refractivity contribution is -0.126. The number of nitrogens with two attached hydrogens (primary N) is 1. The van der Waals surface area contributed by atoms with Gasteiger partial charge in [-0.1, -0.05) is 12.2 Å². The van der Waals surface area contributed by atoms with Crippen molar-refractivity contribution in [3.63, 3.8) is 0 Å². The van der Waals surface area contributed by atoms with E-state index in [4.69, 9.17) is 22.7 Å². The Balaban J connectivity index is 2.08. The molecule has 4 nitrogen and oxygen atoms in total. The van der Waals surface area contributed by atoms with E-state index in [9.17, 15) is 4.79 Å². The van der Waals surface area contributed by atoms with E-state index in [0.29, 0.717) is 18.1 Å². The van der Waals surface area contributed by atoms with Gasteiger partial charge < -0.3 is 15.8 Å². The Kier molecular flexibility index (Phi) is 5.69. The maximum Gasteiger partial charge on any atom is 0.225 e. The van der Waals surface area contributed by atoms with E-state index >= 15 is 0 Å². The Labute approximate surface area is 102 Å². The number of nitrogens with one attached hydrogen (secondary N) is 1. The molecule has 92 valence electrons. The van der Waals surface area contributed by atoms with Crippen LogP contribution in [0.4, 0.5) is 0 Å². The van der Waals surface area contributed by atoms with Gasteiger partial charge in [-0.25, -0.2) is 0 Å². The van der Waals surface area contributed by atoms with Crippen molar-refractivity contribution in [1.82, 2.24) is 5.32 Å². The van der Waals surface area contributed by atoms with Gasteiger partial charge in [-0.15, -0.1) is 0 Å². The third kappa shape index (κ3) is 4.45. The highest BCUT2D eigenvalue weighted by Crippen LogP contribution is 2.20. The van der Waals surface area contributed by atoms with Crippen LogP contribution in [0.5, 0.6) is 0 Å². The fraction of sp³-hybridized carbons (Fsp3) is 0.818. The number of hydrogen-bond acceptors (Lipinski definition) is 3. The minimum absolute atomic E-state index is 0.0237. The third-order valence-electron chi connectivity index (χ3n) is 2.86. The van der Waals surface area contributed by atoms with Crippen LogP contribution in [0.25, 0.3) is 0 Å². The zero-order valence-electron chi connectivity index (χ0n) is 9.70.